The Morgan fingerprint density at radius 2 is 1.76 bits per heavy atom. The van der Waals surface area contributed by atoms with Crippen molar-refractivity contribution in [3.05, 3.63) is 68.9 Å². The lowest BCUT2D eigenvalue weighted by Crippen LogP contribution is -2.23. The van der Waals surface area contributed by atoms with E-state index in [9.17, 15) is 13.2 Å². The van der Waals surface area contributed by atoms with Crippen LogP contribution in [-0.2, 0) is 0 Å². The van der Waals surface area contributed by atoms with E-state index in [0.717, 1.165) is 17.2 Å². The molecule has 0 aromatic heterocycles. The predicted molar refractivity (Wildman–Crippen MR) is 80.7 cm³/mol. The van der Waals surface area contributed by atoms with Crippen molar-refractivity contribution in [1.82, 2.24) is 5.32 Å². The van der Waals surface area contributed by atoms with E-state index in [1.54, 1.807) is 13.0 Å². The molecule has 0 amide bonds. The Balaban J connectivity index is 2.56. The van der Waals surface area contributed by atoms with Crippen LogP contribution in [0.25, 0.3) is 0 Å². The Hall–Kier alpha value is -1.33. The fourth-order valence-electron chi connectivity index (χ4n) is 2.32. The van der Waals surface area contributed by atoms with Gasteiger partial charge in [-0.1, -0.05) is 19.1 Å². The molecule has 2 rings (SSSR count). The van der Waals surface area contributed by atoms with Crippen molar-refractivity contribution in [2.45, 2.75) is 19.9 Å². The molecule has 1 atom stereocenters. The molecule has 2 aromatic rings. The molecule has 5 heteroatoms. The number of rotatable bonds is 4. The standard InChI is InChI=1S/C16H15BrF3N/c1-3-21-16(11-5-4-10(18)8-9(11)2)12-6-7-13(19)15(20)14(12)17/h4-8,16,21H,3H2,1-2H3. The summed E-state index contributed by atoms with van der Waals surface area (Å²) < 4.78 is 40.4. The van der Waals surface area contributed by atoms with Crippen LogP contribution in [0.3, 0.4) is 0 Å². The van der Waals surface area contributed by atoms with Gasteiger partial charge in [-0.3, -0.25) is 0 Å². The summed E-state index contributed by atoms with van der Waals surface area (Å²) in [7, 11) is 0. The minimum atomic E-state index is -0.921. The van der Waals surface area contributed by atoms with Crippen LogP contribution < -0.4 is 5.32 Å². The van der Waals surface area contributed by atoms with Gasteiger partial charge in [0, 0.05) is 0 Å². The molecule has 2 aromatic carbocycles. The average molecular weight is 358 g/mol. The maximum atomic E-state index is 13.8. The van der Waals surface area contributed by atoms with Crippen LogP contribution in [-0.4, -0.2) is 6.54 Å². The molecule has 0 heterocycles. The van der Waals surface area contributed by atoms with Crippen molar-refractivity contribution >= 4 is 15.9 Å². The number of hydrogen-bond acceptors (Lipinski definition) is 1. The van der Waals surface area contributed by atoms with E-state index in [4.69, 9.17) is 0 Å². The maximum Gasteiger partial charge on any atom is 0.173 e. The Kier molecular flexibility index (Phi) is 5.06. The Labute approximate surface area is 130 Å². The second kappa shape index (κ2) is 6.62. The molecule has 0 spiro atoms. The van der Waals surface area contributed by atoms with E-state index in [1.165, 1.54) is 18.2 Å². The van der Waals surface area contributed by atoms with Gasteiger partial charge in [0.2, 0.25) is 0 Å². The molecule has 21 heavy (non-hydrogen) atoms. The highest BCUT2D eigenvalue weighted by atomic mass is 79.9. The molecule has 0 aliphatic heterocycles. The number of halogens is 4. The van der Waals surface area contributed by atoms with Gasteiger partial charge in [0.25, 0.3) is 0 Å². The van der Waals surface area contributed by atoms with Gasteiger partial charge < -0.3 is 5.32 Å². The molecule has 0 radical (unpaired) electrons. The third kappa shape index (κ3) is 3.30. The zero-order valence-corrected chi connectivity index (χ0v) is 13.3. The average Bonchev–Trinajstić information content (AvgIpc) is 2.44. The number of nitrogens with one attached hydrogen (secondary N) is 1. The van der Waals surface area contributed by atoms with E-state index >= 15 is 0 Å². The zero-order chi connectivity index (χ0) is 15.6. The van der Waals surface area contributed by atoms with Crippen LogP contribution in [0.4, 0.5) is 13.2 Å². The molecule has 0 bridgehead atoms. The first-order valence-electron chi connectivity index (χ1n) is 6.58. The van der Waals surface area contributed by atoms with Crippen molar-refractivity contribution in [2.75, 3.05) is 6.54 Å². The molecule has 1 N–H and O–H groups in total. The van der Waals surface area contributed by atoms with E-state index in [-0.39, 0.29) is 16.3 Å². The summed E-state index contributed by atoms with van der Waals surface area (Å²) in [5.41, 5.74) is 2.15. The van der Waals surface area contributed by atoms with Gasteiger partial charge in [0.05, 0.1) is 10.5 Å². The first-order valence-corrected chi connectivity index (χ1v) is 7.37. The fourth-order valence-corrected chi connectivity index (χ4v) is 2.87. The van der Waals surface area contributed by atoms with E-state index in [0.29, 0.717) is 12.1 Å². The molecular weight excluding hydrogens is 343 g/mol. The van der Waals surface area contributed by atoms with Gasteiger partial charge >= 0.3 is 0 Å². The van der Waals surface area contributed by atoms with E-state index in [2.05, 4.69) is 21.2 Å². The second-order valence-electron chi connectivity index (χ2n) is 4.76. The normalized spacial score (nSPS) is 12.5. The molecule has 1 unspecified atom stereocenters. The summed E-state index contributed by atoms with van der Waals surface area (Å²) in [5.74, 6) is -2.15. The maximum absolute atomic E-state index is 13.8. The Bertz CT molecular complexity index is 658. The monoisotopic (exact) mass is 357 g/mol. The summed E-state index contributed by atoms with van der Waals surface area (Å²) >= 11 is 3.11. The van der Waals surface area contributed by atoms with Crippen LogP contribution in [0.2, 0.25) is 0 Å². The lowest BCUT2D eigenvalue weighted by Gasteiger charge is -2.22. The van der Waals surface area contributed by atoms with Crippen LogP contribution in [0.1, 0.15) is 29.7 Å². The van der Waals surface area contributed by atoms with E-state index < -0.39 is 11.6 Å². The zero-order valence-electron chi connectivity index (χ0n) is 11.7. The quantitative estimate of drug-likeness (QED) is 0.769. The minimum absolute atomic E-state index is 0.0807. The number of hydrogen-bond donors (Lipinski definition) is 1. The number of benzene rings is 2. The topological polar surface area (TPSA) is 12.0 Å². The molecule has 1 nitrogen and oxygen atoms in total. The van der Waals surface area contributed by atoms with Gasteiger partial charge in [0.15, 0.2) is 11.6 Å². The summed E-state index contributed by atoms with van der Waals surface area (Å²) in [4.78, 5) is 0. The molecular formula is C16H15BrF3N. The first kappa shape index (κ1) is 16.0. The third-order valence-corrected chi connectivity index (χ3v) is 4.13. The first-order chi connectivity index (χ1) is 9.95. The highest BCUT2D eigenvalue weighted by Crippen LogP contribution is 2.33. The molecule has 112 valence electrons. The lowest BCUT2D eigenvalue weighted by molar-refractivity contribution is 0.498. The second-order valence-corrected chi connectivity index (χ2v) is 5.55. The van der Waals surface area contributed by atoms with Gasteiger partial charge in [0.1, 0.15) is 5.82 Å². The highest BCUT2D eigenvalue weighted by molar-refractivity contribution is 9.10. The smallest absolute Gasteiger partial charge is 0.173 e. The molecule has 0 saturated carbocycles. The highest BCUT2D eigenvalue weighted by Gasteiger charge is 2.21. The van der Waals surface area contributed by atoms with Crippen LogP contribution in [0.15, 0.2) is 34.8 Å². The van der Waals surface area contributed by atoms with E-state index in [1.807, 2.05) is 6.92 Å². The fraction of sp³-hybridized carbons (Fsp3) is 0.250. The van der Waals surface area contributed by atoms with Crippen LogP contribution >= 0.6 is 15.9 Å². The van der Waals surface area contributed by atoms with Gasteiger partial charge in [-0.05, 0) is 64.3 Å². The largest absolute Gasteiger partial charge is 0.306 e. The van der Waals surface area contributed by atoms with Crippen molar-refractivity contribution in [2.24, 2.45) is 0 Å². The van der Waals surface area contributed by atoms with Crippen molar-refractivity contribution in [3.63, 3.8) is 0 Å². The Morgan fingerprint density at radius 3 is 2.38 bits per heavy atom. The summed E-state index contributed by atoms with van der Waals surface area (Å²) in [5, 5.41) is 3.22. The predicted octanol–water partition coefficient (Wildman–Crippen LogP) is 4.87. The SMILES string of the molecule is CCNC(c1ccc(F)cc1C)c1ccc(F)c(F)c1Br. The van der Waals surface area contributed by atoms with Crippen molar-refractivity contribution in [3.8, 4) is 0 Å². The van der Waals surface area contributed by atoms with Gasteiger partial charge in [-0.2, -0.15) is 0 Å². The summed E-state index contributed by atoms with van der Waals surface area (Å²) in [6.45, 7) is 4.34. The number of aryl methyl sites for hydroxylation is 1. The van der Waals surface area contributed by atoms with Crippen LogP contribution in [0, 0.1) is 24.4 Å². The van der Waals surface area contributed by atoms with Gasteiger partial charge in [-0.15, -0.1) is 0 Å². The lowest BCUT2D eigenvalue weighted by atomic mass is 9.94. The van der Waals surface area contributed by atoms with Crippen molar-refractivity contribution < 1.29 is 13.2 Å². The molecule has 0 aliphatic rings. The summed E-state index contributed by atoms with van der Waals surface area (Å²) in [6, 6.07) is 6.72. The minimum Gasteiger partial charge on any atom is -0.306 e. The van der Waals surface area contributed by atoms with Gasteiger partial charge in [-0.25, -0.2) is 13.2 Å². The molecule has 0 saturated heterocycles. The van der Waals surface area contributed by atoms with Crippen LogP contribution in [0.5, 0.6) is 0 Å². The van der Waals surface area contributed by atoms with Crippen molar-refractivity contribution in [1.29, 1.82) is 0 Å². The molecule has 0 fully saturated rings. The third-order valence-electron chi connectivity index (χ3n) is 3.33. The Morgan fingerprint density at radius 1 is 1.10 bits per heavy atom. The summed E-state index contributed by atoms with van der Waals surface area (Å²) in [6.07, 6.45) is 0. The molecule has 0 aliphatic carbocycles.